The zero-order chi connectivity index (χ0) is 29.4. The molecule has 40 heavy (non-hydrogen) atoms. The van der Waals surface area contributed by atoms with E-state index in [2.05, 4.69) is 4.98 Å². The fraction of sp³-hybridized carbons (Fsp3) is 0.567. The molecule has 3 atom stereocenters. The number of carboxylic acids is 1. The Hall–Kier alpha value is -2.95. The second kappa shape index (κ2) is 14.1. The van der Waals surface area contributed by atoms with Crippen LogP contribution in [-0.2, 0) is 30.3 Å². The highest BCUT2D eigenvalue weighted by atomic mass is 32.1. The number of carbonyl (C=O) groups is 4. The molecule has 2 heterocycles. The highest BCUT2D eigenvalue weighted by molar-refractivity contribution is 7.13. The van der Waals surface area contributed by atoms with Gasteiger partial charge in [0.05, 0.1) is 47.9 Å². The minimum atomic E-state index is -0.971. The number of carbonyl (C=O) groups excluding carboxylic acids is 3. The molecular weight excluding hydrogens is 532 g/mol. The largest absolute Gasteiger partial charge is 0.481 e. The molecule has 3 rings (SSSR count). The molecule has 2 aromatic rings. The fourth-order valence-corrected chi connectivity index (χ4v) is 5.75. The van der Waals surface area contributed by atoms with Crippen LogP contribution in [0.1, 0.15) is 64.1 Å². The zero-order valence-corrected chi connectivity index (χ0v) is 24.5. The number of β-amino-alcohol motifs (C(OH)–C–C–N with tert-alkyl or cyclic N) is 1. The first-order valence-electron chi connectivity index (χ1n) is 13.7. The van der Waals surface area contributed by atoms with Crippen molar-refractivity contribution >= 4 is 34.8 Å². The van der Waals surface area contributed by atoms with Crippen LogP contribution < -0.4 is 0 Å². The van der Waals surface area contributed by atoms with E-state index < -0.39 is 29.4 Å². The van der Waals surface area contributed by atoms with Gasteiger partial charge < -0.3 is 19.8 Å². The predicted molar refractivity (Wildman–Crippen MR) is 152 cm³/mol. The Morgan fingerprint density at radius 1 is 1.10 bits per heavy atom. The highest BCUT2D eigenvalue weighted by Crippen LogP contribution is 2.34. The van der Waals surface area contributed by atoms with Gasteiger partial charge in [-0.1, -0.05) is 45.0 Å². The van der Waals surface area contributed by atoms with E-state index in [1.165, 1.54) is 4.90 Å². The predicted octanol–water partition coefficient (Wildman–Crippen LogP) is 4.08. The number of aliphatic hydroxyl groups excluding tert-OH is 1. The number of carboxylic acid groups (broad SMARTS) is 1. The van der Waals surface area contributed by atoms with Crippen molar-refractivity contribution in [3.8, 4) is 10.4 Å². The fourth-order valence-electron chi connectivity index (χ4n) is 4.94. The third-order valence-electron chi connectivity index (χ3n) is 7.32. The lowest BCUT2D eigenvalue weighted by Gasteiger charge is -2.34. The molecular formula is C30H40N2O7S. The normalized spacial score (nSPS) is 18.1. The number of thiazole rings is 1. The van der Waals surface area contributed by atoms with Gasteiger partial charge in [0.25, 0.3) is 0 Å². The van der Waals surface area contributed by atoms with Crippen LogP contribution >= 0.6 is 11.3 Å². The van der Waals surface area contributed by atoms with Crippen molar-refractivity contribution in [3.05, 3.63) is 41.0 Å². The van der Waals surface area contributed by atoms with Crippen molar-refractivity contribution in [1.29, 1.82) is 0 Å². The minimum Gasteiger partial charge on any atom is -0.481 e. The number of hydrogen-bond donors (Lipinski definition) is 2. The van der Waals surface area contributed by atoms with Gasteiger partial charge in [0.15, 0.2) is 5.78 Å². The van der Waals surface area contributed by atoms with Gasteiger partial charge in [-0.2, -0.15) is 0 Å². The van der Waals surface area contributed by atoms with Gasteiger partial charge in [-0.05, 0) is 29.9 Å². The molecule has 218 valence electrons. The smallest absolute Gasteiger partial charge is 0.305 e. The van der Waals surface area contributed by atoms with Crippen molar-refractivity contribution in [2.75, 3.05) is 19.8 Å². The molecule has 0 spiro atoms. The quantitative estimate of drug-likeness (QED) is 0.324. The number of aromatic nitrogens is 1. The number of Topliss-reactive ketones (excluding diaryl/α,β-unsaturated/α-hetero) is 2. The molecule has 2 N–H and O–H groups in total. The van der Waals surface area contributed by atoms with Crippen LogP contribution in [0.4, 0.5) is 0 Å². The Kier molecular flexibility index (Phi) is 11.1. The van der Waals surface area contributed by atoms with Crippen molar-refractivity contribution in [2.24, 2.45) is 11.3 Å². The Morgan fingerprint density at radius 2 is 1.77 bits per heavy atom. The summed E-state index contributed by atoms with van der Waals surface area (Å²) in [5.74, 6) is -2.20. The Labute approximate surface area is 239 Å². The summed E-state index contributed by atoms with van der Waals surface area (Å²) in [5.41, 5.74) is 4.35. The molecule has 0 unspecified atom stereocenters. The van der Waals surface area contributed by atoms with Crippen molar-refractivity contribution in [3.63, 3.8) is 0 Å². The van der Waals surface area contributed by atoms with Crippen LogP contribution in [0.3, 0.4) is 0 Å². The molecule has 0 bridgehead atoms. The number of amides is 1. The van der Waals surface area contributed by atoms with Crippen molar-refractivity contribution in [1.82, 2.24) is 9.88 Å². The molecule has 1 aromatic heterocycles. The second-order valence-electron chi connectivity index (χ2n) is 11.5. The van der Waals surface area contributed by atoms with Gasteiger partial charge in [-0.25, -0.2) is 4.98 Å². The first kappa shape index (κ1) is 31.6. The summed E-state index contributed by atoms with van der Waals surface area (Å²) in [5, 5.41) is 19.1. The number of aryl methyl sites for hydroxylation is 2. The lowest BCUT2D eigenvalue weighted by Crippen LogP contribution is -2.47. The standard InChI is InChI=1S/C30H40N2O7S/c1-19-28(40-18-31-19)21-8-5-20(6-9-21)7-10-26(35)25-16-23(34)17-32(25)29(38)24(30(2,3)4)15-22(33)11-13-39-14-12-27(36)37/h5-6,8-9,18,23-25,34H,7,10-17H2,1-4H3,(H,36,37)/t23-,24-,25+/m1/s1. The maximum absolute atomic E-state index is 13.7. The average Bonchev–Trinajstić information content (AvgIpc) is 3.50. The van der Waals surface area contributed by atoms with E-state index in [1.54, 1.807) is 11.3 Å². The monoisotopic (exact) mass is 572 g/mol. The van der Waals surface area contributed by atoms with E-state index in [0.717, 1.165) is 21.7 Å². The summed E-state index contributed by atoms with van der Waals surface area (Å²) in [4.78, 5) is 57.1. The number of aliphatic carboxylic acids is 1. The van der Waals surface area contributed by atoms with E-state index in [-0.39, 0.29) is 69.3 Å². The van der Waals surface area contributed by atoms with E-state index in [9.17, 15) is 24.3 Å². The lowest BCUT2D eigenvalue weighted by atomic mass is 9.76. The van der Waals surface area contributed by atoms with E-state index in [4.69, 9.17) is 9.84 Å². The van der Waals surface area contributed by atoms with Gasteiger partial charge in [0, 0.05) is 38.1 Å². The van der Waals surface area contributed by atoms with E-state index in [1.807, 2.05) is 57.5 Å². The number of benzene rings is 1. The molecule has 0 saturated carbocycles. The van der Waals surface area contributed by atoms with Gasteiger partial charge in [-0.3, -0.25) is 19.2 Å². The number of hydrogen-bond acceptors (Lipinski definition) is 8. The van der Waals surface area contributed by atoms with Crippen molar-refractivity contribution in [2.45, 2.75) is 78.4 Å². The van der Waals surface area contributed by atoms with E-state index >= 15 is 0 Å². The molecule has 1 aromatic carbocycles. The summed E-state index contributed by atoms with van der Waals surface area (Å²) < 4.78 is 5.22. The third-order valence-corrected chi connectivity index (χ3v) is 8.29. The minimum absolute atomic E-state index is 0.0102. The molecule has 1 amide bonds. The molecule has 9 nitrogen and oxygen atoms in total. The Morgan fingerprint density at radius 3 is 2.38 bits per heavy atom. The second-order valence-corrected chi connectivity index (χ2v) is 12.3. The molecule has 1 saturated heterocycles. The van der Waals surface area contributed by atoms with Crippen LogP contribution in [0.15, 0.2) is 29.8 Å². The van der Waals surface area contributed by atoms with Crippen LogP contribution in [-0.4, -0.2) is 75.4 Å². The molecule has 0 aliphatic carbocycles. The number of rotatable bonds is 14. The number of ketones is 2. The molecule has 10 heteroatoms. The SMILES string of the molecule is Cc1ncsc1-c1ccc(CCC(=O)[C@@H]2C[C@@H](O)CN2C(=O)[C@@H](CC(=O)CCOCCC(=O)O)C(C)(C)C)cc1. The van der Waals surface area contributed by atoms with Gasteiger partial charge >= 0.3 is 5.97 Å². The molecule has 1 aliphatic heterocycles. The zero-order valence-electron chi connectivity index (χ0n) is 23.7. The highest BCUT2D eigenvalue weighted by Gasteiger charge is 2.44. The summed E-state index contributed by atoms with van der Waals surface area (Å²) in [6.07, 6.45) is 0.0953. The first-order chi connectivity index (χ1) is 18.9. The first-order valence-corrected chi connectivity index (χ1v) is 14.6. The maximum atomic E-state index is 13.7. The summed E-state index contributed by atoms with van der Waals surface area (Å²) >= 11 is 1.59. The number of aliphatic hydroxyl groups is 1. The van der Waals surface area contributed by atoms with Crippen LogP contribution in [0.25, 0.3) is 10.4 Å². The van der Waals surface area contributed by atoms with Gasteiger partial charge in [0.1, 0.15) is 5.78 Å². The molecule has 0 radical (unpaired) electrons. The molecule has 1 fully saturated rings. The number of ether oxygens (including phenoxy) is 1. The number of likely N-dealkylation sites (tertiary alicyclic amines) is 1. The third kappa shape index (κ3) is 8.78. The summed E-state index contributed by atoms with van der Waals surface area (Å²) in [7, 11) is 0. The number of nitrogens with zero attached hydrogens (tertiary/aromatic N) is 2. The maximum Gasteiger partial charge on any atom is 0.305 e. The van der Waals surface area contributed by atoms with Gasteiger partial charge in [0.2, 0.25) is 5.91 Å². The van der Waals surface area contributed by atoms with Crippen LogP contribution in [0.5, 0.6) is 0 Å². The molecule has 1 aliphatic rings. The Balaban J connectivity index is 1.60. The Bertz CT molecular complexity index is 1190. The summed E-state index contributed by atoms with van der Waals surface area (Å²) in [6, 6.07) is 7.33. The van der Waals surface area contributed by atoms with Crippen LogP contribution in [0.2, 0.25) is 0 Å². The van der Waals surface area contributed by atoms with Crippen molar-refractivity contribution < 1.29 is 34.1 Å². The lowest BCUT2D eigenvalue weighted by molar-refractivity contribution is -0.146. The topological polar surface area (TPSA) is 134 Å². The van der Waals surface area contributed by atoms with Gasteiger partial charge in [-0.15, -0.1) is 11.3 Å². The average molecular weight is 573 g/mol. The van der Waals surface area contributed by atoms with E-state index in [0.29, 0.717) is 6.42 Å². The van der Waals surface area contributed by atoms with Crippen LogP contribution in [0, 0.1) is 18.3 Å². The summed E-state index contributed by atoms with van der Waals surface area (Å²) in [6.45, 7) is 7.80.